The molecule has 6 heteroatoms. The van der Waals surface area contributed by atoms with Crippen LogP contribution in [-0.4, -0.2) is 71.2 Å². The molecule has 0 saturated carbocycles. The SMILES string of the molecule is O=C(NCc1ccccn1)C1CCCN(C2CCN(CCO)CC2)C1. The maximum atomic E-state index is 12.5. The van der Waals surface area contributed by atoms with Crippen molar-refractivity contribution >= 4 is 5.91 Å². The molecular formula is C19H30N4O2. The average Bonchev–Trinajstić information content (AvgIpc) is 2.68. The Balaban J connectivity index is 1.45. The molecule has 0 radical (unpaired) electrons. The molecule has 25 heavy (non-hydrogen) atoms. The molecule has 1 atom stereocenters. The minimum Gasteiger partial charge on any atom is -0.395 e. The summed E-state index contributed by atoms with van der Waals surface area (Å²) in [5.41, 5.74) is 0.903. The van der Waals surface area contributed by atoms with Gasteiger partial charge in [0.25, 0.3) is 0 Å². The zero-order valence-corrected chi connectivity index (χ0v) is 14.9. The summed E-state index contributed by atoms with van der Waals surface area (Å²) < 4.78 is 0. The maximum absolute atomic E-state index is 12.5. The van der Waals surface area contributed by atoms with Crippen molar-refractivity contribution in [1.29, 1.82) is 0 Å². The summed E-state index contributed by atoms with van der Waals surface area (Å²) in [7, 11) is 0. The van der Waals surface area contributed by atoms with Gasteiger partial charge in [-0.2, -0.15) is 0 Å². The lowest BCUT2D eigenvalue weighted by Crippen LogP contribution is -2.51. The molecule has 0 aromatic carbocycles. The molecule has 2 fully saturated rings. The van der Waals surface area contributed by atoms with Crippen LogP contribution in [0.2, 0.25) is 0 Å². The summed E-state index contributed by atoms with van der Waals surface area (Å²) in [6.07, 6.45) is 6.12. The van der Waals surface area contributed by atoms with Crippen LogP contribution in [0.1, 0.15) is 31.4 Å². The molecule has 6 nitrogen and oxygen atoms in total. The van der Waals surface area contributed by atoms with Gasteiger partial charge in [-0.05, 0) is 57.5 Å². The summed E-state index contributed by atoms with van der Waals surface area (Å²) in [5.74, 6) is 0.251. The Bertz CT molecular complexity index is 531. The van der Waals surface area contributed by atoms with E-state index in [1.165, 1.54) is 0 Å². The first-order chi connectivity index (χ1) is 12.3. The number of nitrogens with zero attached hydrogens (tertiary/aromatic N) is 3. The van der Waals surface area contributed by atoms with Gasteiger partial charge in [0.05, 0.1) is 24.8 Å². The first kappa shape index (κ1) is 18.3. The van der Waals surface area contributed by atoms with E-state index in [2.05, 4.69) is 20.1 Å². The minimum atomic E-state index is 0.0907. The van der Waals surface area contributed by atoms with Crippen LogP contribution >= 0.6 is 0 Å². The number of carbonyl (C=O) groups is 1. The average molecular weight is 346 g/mol. The number of carbonyl (C=O) groups excluding carboxylic acids is 1. The van der Waals surface area contributed by atoms with Crippen LogP contribution < -0.4 is 5.32 Å². The smallest absolute Gasteiger partial charge is 0.224 e. The van der Waals surface area contributed by atoms with Crippen LogP contribution in [0.5, 0.6) is 0 Å². The number of aliphatic hydroxyl groups is 1. The van der Waals surface area contributed by atoms with Gasteiger partial charge in [0, 0.05) is 25.3 Å². The van der Waals surface area contributed by atoms with Gasteiger partial charge >= 0.3 is 0 Å². The van der Waals surface area contributed by atoms with Crippen molar-refractivity contribution < 1.29 is 9.90 Å². The molecule has 1 aromatic rings. The van der Waals surface area contributed by atoms with Gasteiger partial charge in [-0.3, -0.25) is 14.7 Å². The number of aliphatic hydroxyl groups excluding tert-OH is 1. The van der Waals surface area contributed by atoms with Gasteiger partial charge in [0.15, 0.2) is 0 Å². The van der Waals surface area contributed by atoms with E-state index in [0.717, 1.165) is 64.1 Å². The summed E-state index contributed by atoms with van der Waals surface area (Å²) in [5, 5.41) is 12.1. The molecule has 1 unspecified atom stereocenters. The first-order valence-electron chi connectivity index (χ1n) is 9.51. The lowest BCUT2D eigenvalue weighted by molar-refractivity contribution is -0.127. The van der Waals surface area contributed by atoms with Crippen molar-refractivity contribution in [1.82, 2.24) is 20.1 Å². The molecule has 3 heterocycles. The number of amides is 1. The van der Waals surface area contributed by atoms with E-state index in [0.29, 0.717) is 12.6 Å². The molecule has 1 amide bonds. The quantitative estimate of drug-likeness (QED) is 0.800. The summed E-state index contributed by atoms with van der Waals surface area (Å²) >= 11 is 0. The molecule has 2 saturated heterocycles. The minimum absolute atomic E-state index is 0.0907. The zero-order chi connectivity index (χ0) is 17.5. The number of piperidine rings is 2. The third-order valence-corrected chi connectivity index (χ3v) is 5.48. The van der Waals surface area contributed by atoms with E-state index < -0.39 is 0 Å². The molecule has 0 spiro atoms. The fourth-order valence-corrected chi connectivity index (χ4v) is 4.03. The second-order valence-electron chi connectivity index (χ2n) is 7.17. The third kappa shape index (κ3) is 5.23. The summed E-state index contributed by atoms with van der Waals surface area (Å²) in [4.78, 5) is 21.6. The van der Waals surface area contributed by atoms with Crippen LogP contribution in [0.3, 0.4) is 0 Å². The topological polar surface area (TPSA) is 68.7 Å². The Morgan fingerprint density at radius 2 is 2.08 bits per heavy atom. The first-order valence-corrected chi connectivity index (χ1v) is 9.51. The predicted molar refractivity (Wildman–Crippen MR) is 96.9 cm³/mol. The highest BCUT2D eigenvalue weighted by Gasteiger charge is 2.31. The molecule has 2 aliphatic rings. The van der Waals surface area contributed by atoms with E-state index >= 15 is 0 Å². The molecule has 0 bridgehead atoms. The predicted octanol–water partition coefficient (Wildman–Crippen LogP) is 0.866. The maximum Gasteiger partial charge on any atom is 0.224 e. The number of rotatable bonds is 6. The lowest BCUT2D eigenvalue weighted by Gasteiger charge is -2.42. The van der Waals surface area contributed by atoms with Gasteiger partial charge in [-0.15, -0.1) is 0 Å². The Morgan fingerprint density at radius 1 is 1.24 bits per heavy atom. The molecular weight excluding hydrogens is 316 g/mol. The van der Waals surface area contributed by atoms with Gasteiger partial charge in [0.1, 0.15) is 0 Å². The third-order valence-electron chi connectivity index (χ3n) is 5.48. The standard InChI is InChI=1S/C19H30N4O2/c24-13-12-22-10-6-18(7-11-22)23-9-3-4-16(15-23)19(25)21-14-17-5-1-2-8-20-17/h1-2,5,8,16,18,24H,3-4,6-7,9-15H2,(H,21,25). The number of pyridine rings is 1. The normalized spacial score (nSPS) is 23.5. The lowest BCUT2D eigenvalue weighted by atomic mass is 9.93. The van der Waals surface area contributed by atoms with Gasteiger partial charge in [-0.1, -0.05) is 6.07 Å². The number of nitrogens with one attached hydrogen (secondary N) is 1. The Kier molecular flexibility index (Phi) is 6.78. The van der Waals surface area contributed by atoms with Crippen LogP contribution in [0, 0.1) is 5.92 Å². The number of hydrogen-bond donors (Lipinski definition) is 2. The van der Waals surface area contributed by atoms with Crippen molar-refractivity contribution in [2.24, 2.45) is 5.92 Å². The highest BCUT2D eigenvalue weighted by atomic mass is 16.3. The number of aromatic nitrogens is 1. The molecule has 2 aliphatic heterocycles. The Labute approximate surface area is 150 Å². The van der Waals surface area contributed by atoms with Gasteiger partial charge < -0.3 is 15.3 Å². The highest BCUT2D eigenvalue weighted by molar-refractivity contribution is 5.78. The molecule has 0 aliphatic carbocycles. The van der Waals surface area contributed by atoms with Crippen LogP contribution in [0.4, 0.5) is 0 Å². The van der Waals surface area contributed by atoms with E-state index in [4.69, 9.17) is 5.11 Å². The highest BCUT2D eigenvalue weighted by Crippen LogP contribution is 2.24. The van der Waals surface area contributed by atoms with Crippen molar-refractivity contribution in [3.8, 4) is 0 Å². The Hall–Kier alpha value is -1.50. The number of β-amino-alcohol motifs (C(OH)–C–C–N with tert-alkyl or cyclic N) is 1. The zero-order valence-electron chi connectivity index (χ0n) is 14.9. The summed E-state index contributed by atoms with van der Waals surface area (Å²) in [6, 6.07) is 6.35. The molecule has 2 N–H and O–H groups in total. The van der Waals surface area contributed by atoms with E-state index in [1.807, 2.05) is 18.2 Å². The van der Waals surface area contributed by atoms with Gasteiger partial charge in [0.2, 0.25) is 5.91 Å². The number of likely N-dealkylation sites (tertiary alicyclic amines) is 2. The van der Waals surface area contributed by atoms with Gasteiger partial charge in [-0.25, -0.2) is 0 Å². The molecule has 3 rings (SSSR count). The van der Waals surface area contributed by atoms with Crippen molar-refractivity contribution in [3.63, 3.8) is 0 Å². The second-order valence-corrected chi connectivity index (χ2v) is 7.17. The van der Waals surface area contributed by atoms with Crippen LogP contribution in [-0.2, 0) is 11.3 Å². The number of hydrogen-bond acceptors (Lipinski definition) is 5. The van der Waals surface area contributed by atoms with Crippen molar-refractivity contribution in [3.05, 3.63) is 30.1 Å². The Morgan fingerprint density at radius 3 is 2.80 bits per heavy atom. The molecule has 1 aromatic heterocycles. The van der Waals surface area contributed by atoms with E-state index in [-0.39, 0.29) is 18.4 Å². The van der Waals surface area contributed by atoms with E-state index in [1.54, 1.807) is 6.20 Å². The van der Waals surface area contributed by atoms with Crippen molar-refractivity contribution in [2.75, 3.05) is 39.3 Å². The fourth-order valence-electron chi connectivity index (χ4n) is 4.03. The van der Waals surface area contributed by atoms with Crippen molar-refractivity contribution in [2.45, 2.75) is 38.3 Å². The molecule has 138 valence electrons. The summed E-state index contributed by atoms with van der Waals surface area (Å²) in [6.45, 7) is 5.62. The van der Waals surface area contributed by atoms with Crippen LogP contribution in [0.25, 0.3) is 0 Å². The second kappa shape index (κ2) is 9.27. The van der Waals surface area contributed by atoms with E-state index in [9.17, 15) is 4.79 Å². The fraction of sp³-hybridized carbons (Fsp3) is 0.684. The monoisotopic (exact) mass is 346 g/mol. The largest absolute Gasteiger partial charge is 0.395 e. The van der Waals surface area contributed by atoms with Crippen LogP contribution in [0.15, 0.2) is 24.4 Å².